The summed E-state index contributed by atoms with van der Waals surface area (Å²) >= 11 is 0. The number of rotatable bonds is 4. The maximum atomic E-state index is 5.39. The Balaban J connectivity index is 1.32. The van der Waals surface area contributed by atoms with Crippen LogP contribution in [0.2, 0.25) is 0 Å². The van der Waals surface area contributed by atoms with Gasteiger partial charge in [-0.15, -0.1) is 0 Å². The molecule has 4 nitrogen and oxygen atoms in total. The largest absolute Gasteiger partial charge is 0.308 e. The number of aromatic nitrogens is 3. The minimum absolute atomic E-state index is 0.377. The van der Waals surface area contributed by atoms with Gasteiger partial charge in [-0.3, -0.25) is 4.40 Å². The van der Waals surface area contributed by atoms with Gasteiger partial charge in [0.2, 0.25) is 5.78 Å². The van der Waals surface area contributed by atoms with E-state index in [-0.39, 0.29) is 0 Å². The first-order valence-corrected chi connectivity index (χ1v) is 12.0. The van der Waals surface area contributed by atoms with E-state index in [1.165, 1.54) is 87.0 Å². The summed E-state index contributed by atoms with van der Waals surface area (Å²) in [4.78, 5) is 8.01. The molecule has 8 rings (SSSR count). The number of para-hydroxylation sites is 2. The molecular formula is C25H32N4. The number of nitrogens with zero attached hydrogens (tertiary/aromatic N) is 4. The number of benzene rings is 1. The Labute approximate surface area is 172 Å². The van der Waals surface area contributed by atoms with Gasteiger partial charge in [-0.25, -0.2) is 4.98 Å². The molecule has 5 fully saturated rings. The summed E-state index contributed by atoms with van der Waals surface area (Å²) < 4.78 is 4.91. The fraction of sp³-hybridized carbons (Fsp3) is 0.640. The van der Waals surface area contributed by atoms with Gasteiger partial charge in [-0.1, -0.05) is 12.1 Å². The molecule has 1 aromatic carbocycles. The zero-order valence-corrected chi connectivity index (χ0v) is 17.4. The van der Waals surface area contributed by atoms with Crippen molar-refractivity contribution in [2.24, 2.45) is 17.8 Å². The average Bonchev–Trinajstić information content (AvgIpc) is 3.42. The van der Waals surface area contributed by atoms with Gasteiger partial charge in [0.15, 0.2) is 0 Å². The summed E-state index contributed by atoms with van der Waals surface area (Å²) in [5.41, 5.74) is 4.45. The molecule has 4 aliphatic carbocycles. The monoisotopic (exact) mass is 388 g/mol. The fourth-order valence-corrected chi connectivity index (χ4v) is 7.89. The molecule has 3 heterocycles. The lowest BCUT2D eigenvalue weighted by atomic mass is 9.49. The number of fused-ring (bicyclic) bond motifs is 3. The molecule has 3 aromatic rings. The SMILES string of the molecule is c1ccc2c(c1)n(CCN1CCCC1)c1nc(C34CC5CC(CC(C5)C3)C4)cn21. The lowest BCUT2D eigenvalue weighted by Crippen LogP contribution is -2.48. The second-order valence-electron chi connectivity index (χ2n) is 10.7. The highest BCUT2D eigenvalue weighted by molar-refractivity contribution is 5.81. The molecule has 2 aromatic heterocycles. The first kappa shape index (κ1) is 16.9. The molecule has 4 saturated carbocycles. The van der Waals surface area contributed by atoms with E-state index in [2.05, 4.69) is 44.3 Å². The smallest absolute Gasteiger partial charge is 0.215 e. The van der Waals surface area contributed by atoms with Crippen molar-refractivity contribution in [3.63, 3.8) is 0 Å². The molecule has 29 heavy (non-hydrogen) atoms. The van der Waals surface area contributed by atoms with Crippen LogP contribution in [0.3, 0.4) is 0 Å². The van der Waals surface area contributed by atoms with E-state index in [1.807, 2.05) is 0 Å². The lowest BCUT2D eigenvalue weighted by molar-refractivity contribution is -0.00698. The van der Waals surface area contributed by atoms with Gasteiger partial charge in [-0.2, -0.15) is 0 Å². The van der Waals surface area contributed by atoms with Crippen molar-refractivity contribution in [2.75, 3.05) is 19.6 Å². The molecule has 0 atom stereocenters. The third kappa shape index (κ3) is 2.51. The Morgan fingerprint density at radius 2 is 1.52 bits per heavy atom. The predicted molar refractivity (Wildman–Crippen MR) is 116 cm³/mol. The first-order valence-electron chi connectivity index (χ1n) is 12.0. The molecule has 4 bridgehead atoms. The molecule has 0 N–H and O–H groups in total. The maximum Gasteiger partial charge on any atom is 0.215 e. The minimum atomic E-state index is 0.377. The van der Waals surface area contributed by atoms with Crippen molar-refractivity contribution >= 4 is 16.8 Å². The van der Waals surface area contributed by atoms with Gasteiger partial charge >= 0.3 is 0 Å². The Bertz CT molecular complexity index is 1030. The van der Waals surface area contributed by atoms with E-state index < -0.39 is 0 Å². The summed E-state index contributed by atoms with van der Waals surface area (Å²) in [6.07, 6.45) is 13.8. The van der Waals surface area contributed by atoms with E-state index in [9.17, 15) is 0 Å². The molecule has 1 aliphatic heterocycles. The van der Waals surface area contributed by atoms with Crippen LogP contribution >= 0.6 is 0 Å². The quantitative estimate of drug-likeness (QED) is 0.638. The van der Waals surface area contributed by atoms with E-state index >= 15 is 0 Å². The van der Waals surface area contributed by atoms with Crippen LogP contribution in [-0.4, -0.2) is 38.5 Å². The Kier molecular flexibility index (Phi) is 3.56. The van der Waals surface area contributed by atoms with Crippen LogP contribution in [0.15, 0.2) is 30.5 Å². The number of hydrogen-bond acceptors (Lipinski definition) is 2. The summed E-state index contributed by atoms with van der Waals surface area (Å²) in [7, 11) is 0. The number of imidazole rings is 2. The fourth-order valence-electron chi connectivity index (χ4n) is 7.89. The Morgan fingerprint density at radius 1 is 0.862 bits per heavy atom. The van der Waals surface area contributed by atoms with Gasteiger partial charge in [0.1, 0.15) is 0 Å². The summed E-state index contributed by atoms with van der Waals surface area (Å²) in [5.74, 6) is 4.08. The molecular weight excluding hydrogens is 356 g/mol. The topological polar surface area (TPSA) is 25.5 Å². The molecule has 0 unspecified atom stereocenters. The van der Waals surface area contributed by atoms with Gasteiger partial charge in [0, 0.05) is 24.7 Å². The molecule has 1 saturated heterocycles. The number of hydrogen-bond donors (Lipinski definition) is 0. The van der Waals surface area contributed by atoms with E-state index in [4.69, 9.17) is 4.98 Å². The Morgan fingerprint density at radius 3 is 2.21 bits per heavy atom. The van der Waals surface area contributed by atoms with Crippen molar-refractivity contribution in [2.45, 2.75) is 63.3 Å². The van der Waals surface area contributed by atoms with Crippen LogP contribution in [0.25, 0.3) is 16.8 Å². The van der Waals surface area contributed by atoms with Crippen LogP contribution in [-0.2, 0) is 12.0 Å². The highest BCUT2D eigenvalue weighted by Crippen LogP contribution is 2.60. The van der Waals surface area contributed by atoms with Crippen molar-refractivity contribution in [3.05, 3.63) is 36.2 Å². The number of likely N-dealkylation sites (tertiary alicyclic amines) is 1. The van der Waals surface area contributed by atoms with Gasteiger partial charge in [0.25, 0.3) is 0 Å². The predicted octanol–water partition coefficient (Wildman–Crippen LogP) is 4.85. The second kappa shape index (κ2) is 6.10. The minimum Gasteiger partial charge on any atom is -0.308 e. The molecule has 4 heteroatoms. The second-order valence-corrected chi connectivity index (χ2v) is 10.7. The Hall–Kier alpha value is -1.81. The summed E-state index contributed by atoms with van der Waals surface area (Å²) in [6, 6.07) is 8.91. The third-order valence-corrected chi connectivity index (χ3v) is 8.78. The van der Waals surface area contributed by atoms with Crippen molar-refractivity contribution in [1.82, 2.24) is 18.9 Å². The standard InChI is InChI=1S/C25H32N4/c1-2-6-22-21(5-1)28(10-9-27-7-3-4-8-27)24-26-23(17-29(22)24)25-14-18-11-19(15-25)13-20(12-18)16-25/h1-2,5-6,17-20H,3-4,7-16H2. The van der Waals surface area contributed by atoms with Crippen molar-refractivity contribution in [1.29, 1.82) is 0 Å². The average molecular weight is 389 g/mol. The van der Waals surface area contributed by atoms with Gasteiger partial charge in [-0.05, 0) is 94.3 Å². The van der Waals surface area contributed by atoms with Crippen LogP contribution in [0.1, 0.15) is 57.1 Å². The first-order chi connectivity index (χ1) is 14.3. The highest BCUT2D eigenvalue weighted by atomic mass is 15.2. The van der Waals surface area contributed by atoms with Crippen LogP contribution < -0.4 is 0 Å². The van der Waals surface area contributed by atoms with Crippen molar-refractivity contribution < 1.29 is 0 Å². The van der Waals surface area contributed by atoms with Gasteiger partial charge in [0.05, 0.1) is 16.7 Å². The van der Waals surface area contributed by atoms with Crippen LogP contribution in [0.5, 0.6) is 0 Å². The van der Waals surface area contributed by atoms with E-state index in [0.717, 1.165) is 30.8 Å². The van der Waals surface area contributed by atoms with E-state index in [0.29, 0.717) is 5.41 Å². The molecule has 0 amide bonds. The maximum absolute atomic E-state index is 5.39. The third-order valence-electron chi connectivity index (χ3n) is 8.78. The lowest BCUT2D eigenvalue weighted by Gasteiger charge is -2.56. The van der Waals surface area contributed by atoms with Crippen LogP contribution in [0.4, 0.5) is 0 Å². The molecule has 0 radical (unpaired) electrons. The van der Waals surface area contributed by atoms with Crippen LogP contribution in [0, 0.1) is 17.8 Å². The molecule has 5 aliphatic rings. The highest BCUT2D eigenvalue weighted by Gasteiger charge is 2.52. The zero-order chi connectivity index (χ0) is 19.0. The summed E-state index contributed by atoms with van der Waals surface area (Å²) in [5, 5.41) is 0. The summed E-state index contributed by atoms with van der Waals surface area (Å²) in [6.45, 7) is 4.73. The van der Waals surface area contributed by atoms with E-state index in [1.54, 1.807) is 0 Å². The normalized spacial score (nSPS) is 34.1. The zero-order valence-electron chi connectivity index (χ0n) is 17.4. The van der Waals surface area contributed by atoms with Crippen molar-refractivity contribution in [3.8, 4) is 0 Å². The molecule has 152 valence electrons. The van der Waals surface area contributed by atoms with Gasteiger partial charge < -0.3 is 9.47 Å². The molecule has 0 spiro atoms.